The highest BCUT2D eigenvalue weighted by atomic mass is 19.4. The number of rotatable bonds is 3. The summed E-state index contributed by atoms with van der Waals surface area (Å²) in [7, 11) is 0. The smallest absolute Gasteiger partial charge is 0.330 e. The van der Waals surface area contributed by atoms with E-state index < -0.39 is 11.7 Å². The first-order valence-corrected chi connectivity index (χ1v) is 5.26. The Bertz CT molecular complexity index is 416. The van der Waals surface area contributed by atoms with Gasteiger partial charge in [0, 0.05) is 18.8 Å². The van der Waals surface area contributed by atoms with Gasteiger partial charge >= 0.3 is 6.18 Å². The molecule has 0 unspecified atom stereocenters. The van der Waals surface area contributed by atoms with Crippen molar-refractivity contribution in [2.75, 3.05) is 6.54 Å². The first-order chi connectivity index (χ1) is 8.05. The van der Waals surface area contributed by atoms with E-state index in [1.54, 1.807) is 0 Å². The van der Waals surface area contributed by atoms with E-state index in [1.165, 1.54) is 0 Å². The van der Waals surface area contributed by atoms with Crippen molar-refractivity contribution in [1.29, 1.82) is 0 Å². The van der Waals surface area contributed by atoms with Gasteiger partial charge < -0.3 is 5.73 Å². The summed E-state index contributed by atoms with van der Waals surface area (Å²) in [5, 5.41) is 0. The molecule has 0 saturated carbocycles. The van der Waals surface area contributed by atoms with E-state index in [4.69, 9.17) is 5.73 Å². The van der Waals surface area contributed by atoms with E-state index in [0.29, 0.717) is 13.0 Å². The third-order valence-corrected chi connectivity index (χ3v) is 2.11. The average molecular weight is 242 g/mol. The first kappa shape index (κ1) is 13.5. The highest BCUT2D eigenvalue weighted by Crippen LogP contribution is 2.30. The molecular formula is C12H13F3N2. The van der Waals surface area contributed by atoms with Gasteiger partial charge in [-0.25, -0.2) is 0 Å². The Morgan fingerprint density at radius 2 is 2.06 bits per heavy atom. The van der Waals surface area contributed by atoms with Gasteiger partial charge in [-0.2, -0.15) is 13.2 Å². The molecule has 1 aromatic rings. The summed E-state index contributed by atoms with van der Waals surface area (Å²) in [6, 6.07) is 0.934. The highest BCUT2D eigenvalue weighted by molar-refractivity contribution is 5.40. The molecule has 0 fully saturated rings. The number of unbranched alkanes of at least 4 members (excludes halogenated alkanes) is 2. The lowest BCUT2D eigenvalue weighted by molar-refractivity contribution is -0.137. The van der Waals surface area contributed by atoms with Crippen LogP contribution in [0.2, 0.25) is 0 Å². The number of aromatic nitrogens is 1. The van der Waals surface area contributed by atoms with Gasteiger partial charge in [-0.3, -0.25) is 4.98 Å². The Kier molecular flexibility index (Phi) is 4.98. The van der Waals surface area contributed by atoms with E-state index >= 15 is 0 Å². The Morgan fingerprint density at radius 1 is 1.29 bits per heavy atom. The molecule has 0 aliphatic carbocycles. The molecule has 0 saturated heterocycles. The van der Waals surface area contributed by atoms with Gasteiger partial charge in [-0.1, -0.05) is 11.8 Å². The van der Waals surface area contributed by atoms with E-state index in [0.717, 1.165) is 31.3 Å². The van der Waals surface area contributed by atoms with Crippen LogP contribution in [0.4, 0.5) is 13.2 Å². The maximum absolute atomic E-state index is 12.6. The number of nitrogens with zero attached hydrogens (tertiary/aromatic N) is 1. The van der Waals surface area contributed by atoms with Crippen LogP contribution in [0.1, 0.15) is 30.4 Å². The molecular weight excluding hydrogens is 229 g/mol. The van der Waals surface area contributed by atoms with Gasteiger partial charge in [0.1, 0.15) is 0 Å². The summed E-state index contributed by atoms with van der Waals surface area (Å²) >= 11 is 0. The summed E-state index contributed by atoms with van der Waals surface area (Å²) in [4.78, 5) is 3.65. The molecule has 0 amide bonds. The van der Waals surface area contributed by atoms with Gasteiger partial charge in [-0.05, 0) is 25.5 Å². The topological polar surface area (TPSA) is 38.9 Å². The fraction of sp³-hybridized carbons (Fsp3) is 0.417. The van der Waals surface area contributed by atoms with E-state index in [1.807, 2.05) is 0 Å². The first-order valence-electron chi connectivity index (χ1n) is 5.26. The number of halogens is 3. The molecule has 0 aromatic carbocycles. The monoisotopic (exact) mass is 242 g/mol. The van der Waals surface area contributed by atoms with Crippen molar-refractivity contribution >= 4 is 0 Å². The fourth-order valence-electron chi connectivity index (χ4n) is 1.26. The molecule has 17 heavy (non-hydrogen) atoms. The number of alkyl halides is 3. The molecule has 1 rings (SSSR count). The minimum atomic E-state index is -4.38. The molecule has 0 spiro atoms. The largest absolute Gasteiger partial charge is 0.417 e. The number of pyridine rings is 1. The zero-order chi connectivity index (χ0) is 12.7. The van der Waals surface area contributed by atoms with E-state index in [-0.39, 0.29) is 5.56 Å². The number of hydrogen-bond donors (Lipinski definition) is 1. The van der Waals surface area contributed by atoms with Crippen molar-refractivity contribution in [3.63, 3.8) is 0 Å². The Labute approximate surface area is 98.0 Å². The SMILES string of the molecule is NCCCCC#Cc1cnccc1C(F)(F)F. The fourth-order valence-corrected chi connectivity index (χ4v) is 1.26. The third-order valence-electron chi connectivity index (χ3n) is 2.11. The van der Waals surface area contributed by atoms with Crippen molar-refractivity contribution in [1.82, 2.24) is 4.98 Å². The third kappa shape index (κ3) is 4.45. The second-order valence-corrected chi connectivity index (χ2v) is 3.47. The minimum Gasteiger partial charge on any atom is -0.330 e. The molecule has 0 aliphatic heterocycles. The molecule has 2 N–H and O–H groups in total. The second kappa shape index (κ2) is 6.26. The standard InChI is InChI=1S/C12H13F3N2/c13-12(14,15)11-6-8-17-9-10(11)5-3-1-2-4-7-16/h6,8-9H,1-2,4,7,16H2. The van der Waals surface area contributed by atoms with Gasteiger partial charge in [0.05, 0.1) is 11.1 Å². The Hall–Kier alpha value is -1.54. The summed E-state index contributed by atoms with van der Waals surface area (Å²) < 4.78 is 37.7. The lowest BCUT2D eigenvalue weighted by Crippen LogP contribution is -2.07. The van der Waals surface area contributed by atoms with Gasteiger partial charge in [0.15, 0.2) is 0 Å². The summed E-state index contributed by atoms with van der Waals surface area (Å²) in [5.41, 5.74) is 4.48. The van der Waals surface area contributed by atoms with Crippen molar-refractivity contribution in [2.24, 2.45) is 5.73 Å². The second-order valence-electron chi connectivity index (χ2n) is 3.47. The summed E-state index contributed by atoms with van der Waals surface area (Å²) in [6.45, 7) is 0.572. The lowest BCUT2D eigenvalue weighted by atomic mass is 10.1. The quantitative estimate of drug-likeness (QED) is 0.653. The molecule has 92 valence electrons. The normalized spacial score (nSPS) is 10.8. The summed E-state index contributed by atoms with van der Waals surface area (Å²) in [5.74, 6) is 5.21. The van der Waals surface area contributed by atoms with Crippen LogP contribution in [-0.4, -0.2) is 11.5 Å². The van der Waals surface area contributed by atoms with Crippen molar-refractivity contribution < 1.29 is 13.2 Å². The molecule has 0 atom stereocenters. The Morgan fingerprint density at radius 3 is 2.71 bits per heavy atom. The van der Waals surface area contributed by atoms with Crippen LogP contribution in [0.5, 0.6) is 0 Å². The number of hydrogen-bond acceptors (Lipinski definition) is 2. The predicted molar refractivity (Wildman–Crippen MR) is 59.0 cm³/mol. The van der Waals surface area contributed by atoms with E-state index in [2.05, 4.69) is 16.8 Å². The highest BCUT2D eigenvalue weighted by Gasteiger charge is 2.32. The van der Waals surface area contributed by atoms with Crippen LogP contribution in [0.15, 0.2) is 18.5 Å². The predicted octanol–water partition coefficient (Wildman–Crippen LogP) is 2.58. The van der Waals surface area contributed by atoms with Gasteiger partial charge in [-0.15, -0.1) is 0 Å². The maximum Gasteiger partial charge on any atom is 0.417 e. The molecule has 1 heterocycles. The van der Waals surface area contributed by atoms with Gasteiger partial charge in [0.25, 0.3) is 0 Å². The van der Waals surface area contributed by atoms with E-state index in [9.17, 15) is 13.2 Å². The lowest BCUT2D eigenvalue weighted by Gasteiger charge is -2.07. The molecule has 0 aliphatic rings. The van der Waals surface area contributed by atoms with Gasteiger partial charge in [0.2, 0.25) is 0 Å². The molecule has 5 heteroatoms. The van der Waals surface area contributed by atoms with Crippen LogP contribution >= 0.6 is 0 Å². The van der Waals surface area contributed by atoms with Crippen LogP contribution < -0.4 is 5.73 Å². The molecule has 0 radical (unpaired) electrons. The minimum absolute atomic E-state index is 0.0762. The number of nitrogens with two attached hydrogens (primary N) is 1. The average Bonchev–Trinajstić information content (AvgIpc) is 2.28. The zero-order valence-corrected chi connectivity index (χ0v) is 9.22. The summed E-state index contributed by atoms with van der Waals surface area (Å²) in [6.07, 6.45) is 0.0355. The van der Waals surface area contributed by atoms with Crippen LogP contribution in [0.3, 0.4) is 0 Å². The van der Waals surface area contributed by atoms with Crippen molar-refractivity contribution in [3.8, 4) is 11.8 Å². The van der Waals surface area contributed by atoms with Crippen LogP contribution in [0, 0.1) is 11.8 Å². The van der Waals surface area contributed by atoms with Crippen LogP contribution in [-0.2, 0) is 6.18 Å². The zero-order valence-electron chi connectivity index (χ0n) is 9.22. The van der Waals surface area contributed by atoms with Crippen molar-refractivity contribution in [2.45, 2.75) is 25.4 Å². The maximum atomic E-state index is 12.6. The van der Waals surface area contributed by atoms with Crippen molar-refractivity contribution in [3.05, 3.63) is 29.6 Å². The molecule has 0 bridgehead atoms. The molecule has 1 aromatic heterocycles. The molecule has 2 nitrogen and oxygen atoms in total. The Balaban J connectivity index is 2.77. The van der Waals surface area contributed by atoms with Crippen LogP contribution in [0.25, 0.3) is 0 Å².